The van der Waals surface area contributed by atoms with Crippen molar-refractivity contribution in [3.63, 3.8) is 0 Å². The van der Waals surface area contributed by atoms with Crippen molar-refractivity contribution in [2.75, 3.05) is 31.1 Å². The molecule has 118 valence electrons. The highest BCUT2D eigenvalue weighted by atomic mass is 16.2. The Labute approximate surface area is 131 Å². The minimum atomic E-state index is 0.298. The molecule has 1 fully saturated rings. The SMILES string of the molecule is CCCCC(=O)N1CCN(c2nc3ccccc3n2C)CC1. The van der Waals surface area contributed by atoms with Crippen LogP contribution in [0.1, 0.15) is 26.2 Å². The molecule has 0 atom stereocenters. The standard InChI is InChI=1S/C17H24N4O/c1-3-4-9-16(22)20-10-12-21(13-11-20)17-18-14-7-5-6-8-15(14)19(17)2/h5-8H,3-4,9-13H2,1-2H3. The van der Waals surface area contributed by atoms with Gasteiger partial charge in [-0.1, -0.05) is 25.5 Å². The van der Waals surface area contributed by atoms with Gasteiger partial charge in [-0.05, 0) is 18.6 Å². The summed E-state index contributed by atoms with van der Waals surface area (Å²) in [6.07, 6.45) is 2.75. The van der Waals surface area contributed by atoms with E-state index < -0.39 is 0 Å². The van der Waals surface area contributed by atoms with Crippen LogP contribution in [0.3, 0.4) is 0 Å². The van der Waals surface area contributed by atoms with Crippen LogP contribution in [-0.4, -0.2) is 46.5 Å². The van der Waals surface area contributed by atoms with Crippen molar-refractivity contribution in [3.05, 3.63) is 24.3 Å². The molecule has 0 unspecified atom stereocenters. The fourth-order valence-corrected chi connectivity index (χ4v) is 3.06. The summed E-state index contributed by atoms with van der Waals surface area (Å²) in [5.74, 6) is 1.30. The number of piperazine rings is 1. The molecule has 1 saturated heterocycles. The lowest BCUT2D eigenvalue weighted by atomic mass is 10.2. The number of benzene rings is 1. The lowest BCUT2D eigenvalue weighted by molar-refractivity contribution is -0.131. The van der Waals surface area contributed by atoms with Gasteiger partial charge in [0.2, 0.25) is 11.9 Å². The first-order valence-electron chi connectivity index (χ1n) is 8.15. The summed E-state index contributed by atoms with van der Waals surface area (Å²) in [4.78, 5) is 21.1. The van der Waals surface area contributed by atoms with E-state index in [4.69, 9.17) is 4.98 Å². The third kappa shape index (κ3) is 2.80. The number of imidazole rings is 1. The van der Waals surface area contributed by atoms with Crippen LogP contribution in [0.4, 0.5) is 5.95 Å². The molecule has 0 bridgehead atoms. The van der Waals surface area contributed by atoms with Gasteiger partial charge in [0.1, 0.15) is 0 Å². The normalized spacial score (nSPS) is 15.5. The lowest BCUT2D eigenvalue weighted by Gasteiger charge is -2.35. The van der Waals surface area contributed by atoms with Crippen molar-refractivity contribution in [1.82, 2.24) is 14.5 Å². The maximum absolute atomic E-state index is 12.1. The van der Waals surface area contributed by atoms with Gasteiger partial charge >= 0.3 is 0 Å². The van der Waals surface area contributed by atoms with Gasteiger partial charge in [-0.2, -0.15) is 0 Å². The number of fused-ring (bicyclic) bond motifs is 1. The number of aromatic nitrogens is 2. The summed E-state index contributed by atoms with van der Waals surface area (Å²) in [5.41, 5.74) is 2.18. The van der Waals surface area contributed by atoms with E-state index in [9.17, 15) is 4.79 Å². The van der Waals surface area contributed by atoms with Crippen molar-refractivity contribution < 1.29 is 4.79 Å². The van der Waals surface area contributed by atoms with E-state index in [0.29, 0.717) is 12.3 Å². The molecule has 1 aliphatic rings. The molecule has 3 rings (SSSR count). The molecule has 0 aliphatic carbocycles. The lowest BCUT2D eigenvalue weighted by Crippen LogP contribution is -2.49. The zero-order valence-corrected chi connectivity index (χ0v) is 13.5. The molecule has 0 saturated carbocycles. The van der Waals surface area contributed by atoms with Crippen molar-refractivity contribution >= 4 is 22.9 Å². The van der Waals surface area contributed by atoms with Crippen LogP contribution in [0.15, 0.2) is 24.3 Å². The third-order valence-corrected chi connectivity index (χ3v) is 4.42. The van der Waals surface area contributed by atoms with Gasteiger partial charge in [-0.15, -0.1) is 0 Å². The van der Waals surface area contributed by atoms with Crippen LogP contribution >= 0.6 is 0 Å². The van der Waals surface area contributed by atoms with Gasteiger partial charge in [0.05, 0.1) is 11.0 Å². The first kappa shape index (κ1) is 14.9. The van der Waals surface area contributed by atoms with E-state index in [2.05, 4.69) is 29.5 Å². The summed E-state index contributed by atoms with van der Waals surface area (Å²) >= 11 is 0. The van der Waals surface area contributed by atoms with Crippen LogP contribution < -0.4 is 4.90 Å². The maximum atomic E-state index is 12.1. The second kappa shape index (κ2) is 6.38. The largest absolute Gasteiger partial charge is 0.339 e. The number of amides is 1. The fourth-order valence-electron chi connectivity index (χ4n) is 3.06. The van der Waals surface area contributed by atoms with E-state index in [1.54, 1.807) is 0 Å². The van der Waals surface area contributed by atoms with Crippen molar-refractivity contribution in [1.29, 1.82) is 0 Å². The van der Waals surface area contributed by atoms with E-state index >= 15 is 0 Å². The van der Waals surface area contributed by atoms with Crippen molar-refractivity contribution in [2.45, 2.75) is 26.2 Å². The minimum absolute atomic E-state index is 0.298. The number of hydrogen-bond donors (Lipinski definition) is 0. The molecule has 22 heavy (non-hydrogen) atoms. The molecule has 1 aromatic heterocycles. The van der Waals surface area contributed by atoms with Gasteiger partial charge in [-0.25, -0.2) is 4.98 Å². The minimum Gasteiger partial charge on any atom is -0.339 e. The second-order valence-electron chi connectivity index (χ2n) is 5.93. The number of nitrogens with zero attached hydrogens (tertiary/aromatic N) is 4. The van der Waals surface area contributed by atoms with Crippen molar-refractivity contribution in [2.24, 2.45) is 7.05 Å². The van der Waals surface area contributed by atoms with Crippen LogP contribution in [-0.2, 0) is 11.8 Å². The topological polar surface area (TPSA) is 41.4 Å². The number of para-hydroxylation sites is 2. The molecule has 2 aromatic rings. The Bertz CT molecular complexity index is 656. The molecule has 1 amide bonds. The number of carbonyl (C=O) groups is 1. The Morgan fingerprint density at radius 1 is 1.18 bits per heavy atom. The average molecular weight is 300 g/mol. The van der Waals surface area contributed by atoms with Gasteiger partial charge < -0.3 is 14.4 Å². The molecule has 1 aromatic carbocycles. The summed E-state index contributed by atoms with van der Waals surface area (Å²) in [5, 5.41) is 0. The van der Waals surface area contributed by atoms with E-state index in [1.165, 1.54) is 0 Å². The Kier molecular flexibility index (Phi) is 4.32. The molecule has 0 spiro atoms. The molecule has 2 heterocycles. The van der Waals surface area contributed by atoms with Crippen LogP contribution in [0.5, 0.6) is 0 Å². The van der Waals surface area contributed by atoms with Crippen LogP contribution in [0.25, 0.3) is 11.0 Å². The molecular weight excluding hydrogens is 276 g/mol. The number of unbranched alkanes of at least 4 members (excludes halogenated alkanes) is 1. The van der Waals surface area contributed by atoms with Gasteiger partial charge in [-0.3, -0.25) is 4.79 Å². The highest BCUT2D eigenvalue weighted by molar-refractivity contribution is 5.79. The van der Waals surface area contributed by atoms with Gasteiger partial charge in [0.25, 0.3) is 0 Å². The Balaban J connectivity index is 1.68. The maximum Gasteiger partial charge on any atom is 0.222 e. The smallest absolute Gasteiger partial charge is 0.222 e. The first-order valence-corrected chi connectivity index (χ1v) is 8.15. The van der Waals surface area contributed by atoms with E-state index in [0.717, 1.165) is 56.0 Å². The first-order chi connectivity index (χ1) is 10.7. The molecule has 5 nitrogen and oxygen atoms in total. The van der Waals surface area contributed by atoms with Crippen molar-refractivity contribution in [3.8, 4) is 0 Å². The molecule has 5 heteroatoms. The molecule has 0 N–H and O–H groups in total. The number of aryl methyl sites for hydroxylation is 1. The van der Waals surface area contributed by atoms with Crippen LogP contribution in [0, 0.1) is 0 Å². The summed E-state index contributed by atoms with van der Waals surface area (Å²) in [7, 11) is 2.06. The second-order valence-corrected chi connectivity index (χ2v) is 5.93. The van der Waals surface area contributed by atoms with E-state index in [-0.39, 0.29) is 0 Å². The summed E-state index contributed by atoms with van der Waals surface area (Å²) in [6, 6.07) is 8.20. The number of hydrogen-bond acceptors (Lipinski definition) is 3. The highest BCUT2D eigenvalue weighted by Crippen LogP contribution is 2.22. The number of anilines is 1. The molecule has 0 radical (unpaired) electrons. The van der Waals surface area contributed by atoms with Gasteiger partial charge in [0.15, 0.2) is 0 Å². The van der Waals surface area contributed by atoms with E-state index in [1.807, 2.05) is 23.1 Å². The highest BCUT2D eigenvalue weighted by Gasteiger charge is 2.23. The van der Waals surface area contributed by atoms with Gasteiger partial charge in [0, 0.05) is 39.6 Å². The monoisotopic (exact) mass is 300 g/mol. The third-order valence-electron chi connectivity index (χ3n) is 4.42. The predicted molar refractivity (Wildman–Crippen MR) is 89.0 cm³/mol. The predicted octanol–water partition coefficient (Wildman–Crippen LogP) is 2.41. The average Bonchev–Trinajstić information content (AvgIpc) is 2.90. The Morgan fingerprint density at radius 3 is 2.59 bits per heavy atom. The quantitative estimate of drug-likeness (QED) is 0.871. The number of carbonyl (C=O) groups excluding carboxylic acids is 1. The fraction of sp³-hybridized carbons (Fsp3) is 0.529. The number of rotatable bonds is 4. The zero-order valence-electron chi connectivity index (χ0n) is 13.5. The Hall–Kier alpha value is -2.04. The zero-order chi connectivity index (χ0) is 15.5. The summed E-state index contributed by atoms with van der Waals surface area (Å²) in [6.45, 7) is 5.43. The molecule has 1 aliphatic heterocycles. The molecular formula is C17H24N4O. The summed E-state index contributed by atoms with van der Waals surface area (Å²) < 4.78 is 2.14. The Morgan fingerprint density at radius 2 is 1.91 bits per heavy atom. The van der Waals surface area contributed by atoms with Crippen LogP contribution in [0.2, 0.25) is 0 Å².